The first kappa shape index (κ1) is 54.6. The Labute approximate surface area is 415 Å². The second-order valence-electron chi connectivity index (χ2n) is 12.6. The third-order valence-electron chi connectivity index (χ3n) is 8.64. The van der Waals surface area contributed by atoms with E-state index in [0.717, 1.165) is 14.3 Å². The maximum absolute atomic E-state index is 10.2. The average Bonchev–Trinajstić information content (AvgIpc) is 3.21. The van der Waals surface area contributed by atoms with E-state index >= 15 is 0 Å². The monoisotopic (exact) mass is 1340 g/mol. The Kier molecular flexibility index (Phi) is 28.0. The molecule has 6 aliphatic rings. The maximum atomic E-state index is 10.2. The Morgan fingerprint density at radius 3 is 0.586 bits per heavy atom. The van der Waals surface area contributed by atoms with Gasteiger partial charge in [0.15, 0.2) is 0 Å². The second-order valence-corrected chi connectivity index (χ2v) is 17.5. The van der Waals surface area contributed by atoms with Gasteiger partial charge in [0.25, 0.3) is 0 Å². The van der Waals surface area contributed by atoms with Crippen molar-refractivity contribution >= 4 is 114 Å². The SMILES string of the molecule is C1CN2CCN1CC2.C1CN2CCN1CC2.O=C([O-])c1cccc(I)c1.O=C([O-])c1cccc(I)c1.O=C([O-])c1cccc(I)c1.O=C([O-])c1cccc(I)c1.[Cu+2].[Cu+2]. The van der Waals surface area contributed by atoms with Crippen LogP contribution in [0, 0.1) is 14.3 Å². The predicted octanol–water partition coefficient (Wildman–Crippen LogP) is 1.85. The number of carbonyl (C=O) groups excluding carboxylic acids is 4. The molecule has 4 aromatic rings. The van der Waals surface area contributed by atoms with E-state index in [2.05, 4.69) is 19.6 Å². The summed E-state index contributed by atoms with van der Waals surface area (Å²) in [6.45, 7) is 15.8. The summed E-state index contributed by atoms with van der Waals surface area (Å²) in [6, 6.07) is 26.4. The predicted molar refractivity (Wildman–Crippen MR) is 240 cm³/mol. The number of carbonyl (C=O) groups is 4. The van der Waals surface area contributed by atoms with Gasteiger partial charge in [-0.1, -0.05) is 48.5 Å². The molecule has 0 saturated carbocycles. The quantitative estimate of drug-likeness (QED) is 0.215. The van der Waals surface area contributed by atoms with Gasteiger partial charge in [0.1, 0.15) is 0 Å². The molecule has 12 nitrogen and oxygen atoms in total. The third kappa shape index (κ3) is 21.9. The van der Waals surface area contributed by atoms with Crippen LogP contribution in [0.3, 0.4) is 0 Å². The van der Waals surface area contributed by atoms with Crippen molar-refractivity contribution < 1.29 is 73.7 Å². The topological polar surface area (TPSA) is 173 Å². The zero-order valence-electron chi connectivity index (χ0n) is 30.9. The zero-order valence-corrected chi connectivity index (χ0v) is 41.4. The van der Waals surface area contributed by atoms with Crippen LogP contribution in [0.4, 0.5) is 0 Å². The molecule has 4 aromatic carbocycles. The summed E-state index contributed by atoms with van der Waals surface area (Å²) in [5.74, 6) is -4.51. The van der Waals surface area contributed by atoms with Crippen LogP contribution in [0.15, 0.2) is 97.1 Å². The number of hydrogen-bond acceptors (Lipinski definition) is 12. The van der Waals surface area contributed by atoms with Gasteiger partial charge in [-0.15, -0.1) is 0 Å². The van der Waals surface area contributed by atoms with E-state index in [0.29, 0.717) is 0 Å². The number of carboxylic acids is 4. The Morgan fingerprint density at radius 1 is 0.345 bits per heavy atom. The summed E-state index contributed by atoms with van der Waals surface area (Å²) in [7, 11) is 0. The normalized spacial score (nSPS) is 18.8. The molecule has 0 aliphatic carbocycles. The fraction of sp³-hybridized carbons (Fsp3) is 0.300. The standard InChI is InChI=1S/4C7H5IO2.2C6H12N2.2Cu/c4*8-6-3-1-2-5(4-6)7(9)10;2*1-2-8-5-3-7(1)4-6-8;;/h4*1-4H,(H,9,10);2*1-6H2;;/q;;;;;;2*+2/p-4. The molecule has 318 valence electrons. The van der Waals surface area contributed by atoms with Crippen molar-refractivity contribution in [1.29, 1.82) is 0 Å². The van der Waals surface area contributed by atoms with Crippen molar-refractivity contribution in [2.24, 2.45) is 0 Å². The molecule has 6 saturated heterocycles. The number of aromatic carboxylic acids is 4. The van der Waals surface area contributed by atoms with Crippen LogP contribution in [0.2, 0.25) is 0 Å². The third-order valence-corrected chi connectivity index (χ3v) is 11.3. The summed E-state index contributed by atoms with van der Waals surface area (Å²) in [5.41, 5.74) is 0.914. The molecule has 0 aromatic heterocycles. The number of piperazine rings is 6. The largest absolute Gasteiger partial charge is 2.00 e. The minimum absolute atomic E-state index is 0. The summed E-state index contributed by atoms with van der Waals surface area (Å²) < 4.78 is 3.61. The van der Waals surface area contributed by atoms with Crippen molar-refractivity contribution in [2.45, 2.75) is 0 Å². The number of carboxylic acid groups (broad SMARTS) is 4. The fourth-order valence-electron chi connectivity index (χ4n) is 5.50. The Hall–Kier alpha value is -1.44. The number of halogens is 4. The van der Waals surface area contributed by atoms with Crippen molar-refractivity contribution in [3.05, 3.63) is 134 Å². The van der Waals surface area contributed by atoms with E-state index in [4.69, 9.17) is 0 Å². The van der Waals surface area contributed by atoms with E-state index in [1.165, 1.54) is 103 Å². The van der Waals surface area contributed by atoms with Crippen LogP contribution in [-0.2, 0) is 34.1 Å². The number of fused-ring (bicyclic) bond motifs is 6. The van der Waals surface area contributed by atoms with Crippen LogP contribution >= 0.6 is 90.4 Å². The van der Waals surface area contributed by atoms with E-state index in [9.17, 15) is 39.6 Å². The molecule has 0 spiro atoms. The maximum Gasteiger partial charge on any atom is 2.00 e. The smallest absolute Gasteiger partial charge is 0.545 e. The average molecular weight is 1340 g/mol. The second kappa shape index (κ2) is 29.7. The molecule has 6 fully saturated rings. The van der Waals surface area contributed by atoms with Crippen molar-refractivity contribution in [1.82, 2.24) is 19.6 Å². The van der Waals surface area contributed by atoms with Crippen LogP contribution in [0.25, 0.3) is 0 Å². The van der Waals surface area contributed by atoms with Gasteiger partial charge < -0.3 is 39.6 Å². The molecular formula is C40H40Cu2I4N4O8. The molecule has 0 amide bonds. The van der Waals surface area contributed by atoms with Gasteiger partial charge in [-0.05, 0) is 161 Å². The number of nitrogens with zero attached hydrogens (tertiary/aromatic N) is 4. The van der Waals surface area contributed by atoms with Gasteiger partial charge in [0.2, 0.25) is 0 Å². The van der Waals surface area contributed by atoms with E-state index in [1.54, 1.807) is 48.5 Å². The van der Waals surface area contributed by atoms with Crippen molar-refractivity contribution in [3.8, 4) is 0 Å². The molecule has 0 N–H and O–H groups in total. The van der Waals surface area contributed by atoms with Gasteiger partial charge in [-0.3, -0.25) is 19.6 Å². The van der Waals surface area contributed by atoms with Crippen molar-refractivity contribution in [2.75, 3.05) is 78.5 Å². The molecule has 0 unspecified atom stereocenters. The van der Waals surface area contributed by atoms with Gasteiger partial charge in [-0.25, -0.2) is 0 Å². The van der Waals surface area contributed by atoms with Gasteiger partial charge >= 0.3 is 34.1 Å². The van der Waals surface area contributed by atoms with Crippen molar-refractivity contribution in [3.63, 3.8) is 0 Å². The Balaban J connectivity index is 0.000000346. The molecule has 4 bridgehead atoms. The molecule has 10 rings (SSSR count). The molecule has 6 heterocycles. The number of rotatable bonds is 4. The summed E-state index contributed by atoms with van der Waals surface area (Å²) in [4.78, 5) is 51.1. The van der Waals surface area contributed by atoms with E-state index in [1.807, 2.05) is 115 Å². The fourth-order valence-corrected chi connectivity index (χ4v) is 7.67. The van der Waals surface area contributed by atoms with Crippen LogP contribution < -0.4 is 20.4 Å². The minimum atomic E-state index is -1.13. The Bertz CT molecular complexity index is 1610. The molecule has 6 aliphatic heterocycles. The van der Waals surface area contributed by atoms with Crippen LogP contribution in [-0.4, -0.2) is 122 Å². The first-order valence-electron chi connectivity index (χ1n) is 17.5. The van der Waals surface area contributed by atoms with Gasteiger partial charge in [0.05, 0.1) is 23.9 Å². The summed E-state index contributed by atoms with van der Waals surface area (Å²) >= 11 is 8.19. The van der Waals surface area contributed by atoms with Crippen LogP contribution in [0.1, 0.15) is 41.4 Å². The zero-order chi connectivity index (χ0) is 41.0. The molecule has 18 heteroatoms. The first-order valence-corrected chi connectivity index (χ1v) is 21.8. The molecular weight excluding hydrogens is 1300 g/mol. The van der Waals surface area contributed by atoms with Gasteiger partial charge in [0, 0.05) is 92.8 Å². The number of benzene rings is 4. The molecule has 2 radical (unpaired) electrons. The number of hydrogen-bond donors (Lipinski definition) is 0. The first-order chi connectivity index (χ1) is 26.7. The van der Waals surface area contributed by atoms with Crippen LogP contribution in [0.5, 0.6) is 0 Å². The summed E-state index contributed by atoms with van der Waals surface area (Å²) in [5, 5.41) is 41.0. The van der Waals surface area contributed by atoms with E-state index in [-0.39, 0.29) is 56.4 Å². The molecule has 0 atom stereocenters. The Morgan fingerprint density at radius 2 is 0.500 bits per heavy atom. The summed E-state index contributed by atoms with van der Waals surface area (Å²) in [6.07, 6.45) is 0. The van der Waals surface area contributed by atoms with Gasteiger partial charge in [-0.2, -0.15) is 0 Å². The minimum Gasteiger partial charge on any atom is -0.545 e. The van der Waals surface area contributed by atoms with E-state index < -0.39 is 23.9 Å². The molecule has 58 heavy (non-hydrogen) atoms.